The van der Waals surface area contributed by atoms with E-state index < -0.39 is 4.92 Å². The minimum absolute atomic E-state index is 0. The molecule has 0 saturated heterocycles. The van der Waals surface area contributed by atoms with E-state index in [1.165, 1.54) is 43.9 Å². The summed E-state index contributed by atoms with van der Waals surface area (Å²) >= 11 is 1.37. The Balaban J connectivity index is 0.00000300. The summed E-state index contributed by atoms with van der Waals surface area (Å²) in [5, 5.41) is 23.9. The number of fused-ring (bicyclic) bond motifs is 1. The molecule has 3 aromatic rings. The van der Waals surface area contributed by atoms with Crippen molar-refractivity contribution in [3.63, 3.8) is 0 Å². The van der Waals surface area contributed by atoms with Gasteiger partial charge in [-0.3, -0.25) is 10.1 Å². The number of guanidine groups is 1. The number of imidazole rings is 1. The van der Waals surface area contributed by atoms with Crippen LogP contribution in [0.3, 0.4) is 0 Å². The fraction of sp³-hybridized carbons (Fsp3) is 0.200. The van der Waals surface area contributed by atoms with E-state index in [4.69, 9.17) is 20.9 Å². The first kappa shape index (κ1) is 21.8. The van der Waals surface area contributed by atoms with Gasteiger partial charge in [0.1, 0.15) is 22.1 Å². The average Bonchev–Trinajstić information content (AvgIpc) is 3.16. The molecule has 0 aliphatic rings. The zero-order valence-electron chi connectivity index (χ0n) is 15.5. The Morgan fingerprint density at radius 2 is 2.00 bits per heavy atom. The fourth-order valence-electron chi connectivity index (χ4n) is 2.53. The zero-order valence-corrected chi connectivity index (χ0v) is 17.2. The second-order valence-electron chi connectivity index (χ2n) is 5.41. The van der Waals surface area contributed by atoms with E-state index >= 15 is 0 Å². The first-order valence-electron chi connectivity index (χ1n) is 7.74. The number of nitro groups is 1. The van der Waals surface area contributed by atoms with Gasteiger partial charge in [0.2, 0.25) is 10.9 Å². The van der Waals surface area contributed by atoms with E-state index in [9.17, 15) is 10.1 Å². The third-order valence-electron chi connectivity index (χ3n) is 3.65. The van der Waals surface area contributed by atoms with Crippen LogP contribution >= 0.6 is 23.7 Å². The number of ether oxygens (including phenoxy) is 2. The Kier molecular flexibility index (Phi) is 6.56. The molecule has 0 bridgehead atoms. The number of nitrogens with two attached hydrogens (primary N) is 2. The molecule has 1 aromatic carbocycles. The number of nitro benzene ring substituents is 1. The molecule has 0 unspecified atom stereocenters. The van der Waals surface area contributed by atoms with Crippen LogP contribution in [0.5, 0.6) is 11.5 Å². The van der Waals surface area contributed by atoms with Crippen molar-refractivity contribution in [2.45, 2.75) is 6.92 Å². The number of nitrogens with zero attached hydrogens (tertiary/aromatic N) is 6. The van der Waals surface area contributed by atoms with Gasteiger partial charge in [-0.25, -0.2) is 9.50 Å². The third-order valence-corrected chi connectivity index (χ3v) is 4.47. The topological polar surface area (TPSA) is 169 Å². The maximum absolute atomic E-state index is 11.3. The van der Waals surface area contributed by atoms with E-state index in [1.807, 2.05) is 6.92 Å². The zero-order chi connectivity index (χ0) is 20.4. The molecule has 0 amide bonds. The minimum Gasteiger partial charge on any atom is -0.496 e. The molecule has 0 fully saturated rings. The molecule has 2 aromatic heterocycles. The molecule has 0 saturated carbocycles. The Hall–Kier alpha value is -3.45. The maximum Gasteiger partial charge on any atom is 0.314 e. The molecular formula is C15H17ClN8O4S. The van der Waals surface area contributed by atoms with Crippen LogP contribution in [0.1, 0.15) is 10.7 Å². The molecule has 2 heterocycles. The molecule has 0 aliphatic heterocycles. The second kappa shape index (κ2) is 8.70. The van der Waals surface area contributed by atoms with E-state index in [0.717, 1.165) is 5.01 Å². The number of halogens is 1. The Labute approximate surface area is 174 Å². The van der Waals surface area contributed by atoms with Crippen LogP contribution < -0.4 is 20.9 Å². The predicted molar refractivity (Wildman–Crippen MR) is 111 cm³/mol. The summed E-state index contributed by atoms with van der Waals surface area (Å²) in [6, 6.07) is 2.76. The van der Waals surface area contributed by atoms with Crippen LogP contribution in [0.15, 0.2) is 22.3 Å². The largest absolute Gasteiger partial charge is 0.496 e. The number of benzene rings is 1. The number of rotatable bonds is 6. The van der Waals surface area contributed by atoms with Crippen LogP contribution in [0, 0.1) is 17.0 Å². The molecule has 0 aliphatic carbocycles. The number of aromatic nitrogens is 3. The molecule has 3 rings (SSSR count). The number of hydrogen-bond donors (Lipinski definition) is 2. The number of hydrogen-bond acceptors (Lipinski definition) is 9. The van der Waals surface area contributed by atoms with Crippen molar-refractivity contribution < 1.29 is 14.4 Å². The van der Waals surface area contributed by atoms with Gasteiger partial charge in [-0.15, -0.1) is 17.5 Å². The SMILES string of the molecule is COc1cc([N+](=O)[O-])c(OC)cc1-c1nc2sc(C)nn2c1/C=N/N=C(N)N.Cl. The van der Waals surface area contributed by atoms with Gasteiger partial charge in [0.25, 0.3) is 0 Å². The van der Waals surface area contributed by atoms with Crippen molar-refractivity contribution in [2.75, 3.05) is 14.2 Å². The van der Waals surface area contributed by atoms with Crippen molar-refractivity contribution in [3.8, 4) is 22.8 Å². The first-order valence-corrected chi connectivity index (χ1v) is 8.56. The van der Waals surface area contributed by atoms with Gasteiger partial charge >= 0.3 is 5.69 Å². The van der Waals surface area contributed by atoms with Crippen LogP contribution in [-0.4, -0.2) is 45.9 Å². The van der Waals surface area contributed by atoms with Gasteiger partial charge in [-0.05, 0) is 6.92 Å². The molecule has 14 heteroatoms. The summed E-state index contributed by atoms with van der Waals surface area (Å²) < 4.78 is 12.1. The molecule has 0 radical (unpaired) electrons. The standard InChI is InChI=1S/C15H16N8O4S.ClH/c1-7-21-22-10(6-18-20-14(16)17)13(19-15(22)28-7)8-4-12(27-3)9(23(24)25)5-11(8)26-2;/h4-6H,1-3H3,(H4,16,17,20);1H/b18-6+;. The summed E-state index contributed by atoms with van der Waals surface area (Å²) in [7, 11) is 2.75. The van der Waals surface area contributed by atoms with Crippen molar-refractivity contribution in [3.05, 3.63) is 32.9 Å². The van der Waals surface area contributed by atoms with Gasteiger partial charge in [-0.1, -0.05) is 11.3 Å². The third kappa shape index (κ3) is 4.20. The highest BCUT2D eigenvalue weighted by atomic mass is 35.5. The van der Waals surface area contributed by atoms with E-state index in [1.54, 1.807) is 4.52 Å². The Morgan fingerprint density at radius 3 is 2.59 bits per heavy atom. The second-order valence-corrected chi connectivity index (χ2v) is 6.57. The smallest absolute Gasteiger partial charge is 0.314 e. The molecule has 12 nitrogen and oxygen atoms in total. The van der Waals surface area contributed by atoms with Crippen LogP contribution in [0.25, 0.3) is 16.2 Å². The highest BCUT2D eigenvalue weighted by molar-refractivity contribution is 7.16. The predicted octanol–water partition coefficient (Wildman–Crippen LogP) is 1.72. The number of aryl methyl sites for hydroxylation is 1. The molecule has 0 atom stereocenters. The van der Waals surface area contributed by atoms with Crippen LogP contribution in [0.4, 0.5) is 5.69 Å². The molecule has 29 heavy (non-hydrogen) atoms. The Bertz CT molecular complexity index is 1120. The lowest BCUT2D eigenvalue weighted by Crippen LogP contribution is -2.21. The van der Waals surface area contributed by atoms with Crippen molar-refractivity contribution in [1.82, 2.24) is 14.6 Å². The van der Waals surface area contributed by atoms with Crippen LogP contribution in [-0.2, 0) is 0 Å². The van der Waals surface area contributed by atoms with Gasteiger partial charge < -0.3 is 20.9 Å². The lowest BCUT2D eigenvalue weighted by atomic mass is 10.1. The quantitative estimate of drug-likeness (QED) is 0.252. The normalized spacial score (nSPS) is 10.7. The number of methoxy groups -OCH3 is 2. The molecule has 4 N–H and O–H groups in total. The molecule has 0 spiro atoms. The summed E-state index contributed by atoms with van der Waals surface area (Å²) in [4.78, 5) is 15.9. The van der Waals surface area contributed by atoms with Gasteiger partial charge in [0.05, 0.1) is 31.4 Å². The van der Waals surface area contributed by atoms with E-state index in [2.05, 4.69) is 20.3 Å². The average molecular weight is 441 g/mol. The van der Waals surface area contributed by atoms with Crippen molar-refractivity contribution in [2.24, 2.45) is 21.7 Å². The lowest BCUT2D eigenvalue weighted by molar-refractivity contribution is -0.385. The van der Waals surface area contributed by atoms with Crippen molar-refractivity contribution in [1.29, 1.82) is 0 Å². The van der Waals surface area contributed by atoms with Crippen LogP contribution in [0.2, 0.25) is 0 Å². The van der Waals surface area contributed by atoms with E-state index in [0.29, 0.717) is 21.9 Å². The fourth-order valence-corrected chi connectivity index (χ4v) is 3.28. The summed E-state index contributed by atoms with van der Waals surface area (Å²) in [5.74, 6) is 0.0995. The highest BCUT2D eigenvalue weighted by Crippen LogP contribution is 2.40. The van der Waals surface area contributed by atoms with E-state index in [-0.39, 0.29) is 35.6 Å². The molecular weight excluding hydrogens is 424 g/mol. The van der Waals surface area contributed by atoms with Gasteiger partial charge in [0, 0.05) is 11.6 Å². The van der Waals surface area contributed by atoms with Gasteiger partial charge in [-0.2, -0.15) is 10.2 Å². The monoisotopic (exact) mass is 440 g/mol. The minimum atomic E-state index is -0.553. The summed E-state index contributed by atoms with van der Waals surface area (Å²) in [5.41, 5.74) is 11.7. The maximum atomic E-state index is 11.3. The summed E-state index contributed by atoms with van der Waals surface area (Å²) in [6.45, 7) is 1.84. The lowest BCUT2D eigenvalue weighted by Gasteiger charge is -2.10. The highest BCUT2D eigenvalue weighted by Gasteiger charge is 2.25. The van der Waals surface area contributed by atoms with Gasteiger partial charge in [0.15, 0.2) is 5.75 Å². The summed E-state index contributed by atoms with van der Waals surface area (Å²) in [6.07, 6.45) is 1.39. The Morgan fingerprint density at radius 1 is 1.31 bits per heavy atom. The first-order chi connectivity index (χ1) is 13.3. The van der Waals surface area contributed by atoms with Crippen molar-refractivity contribution >= 4 is 46.6 Å². The molecule has 154 valence electrons.